The van der Waals surface area contributed by atoms with Crippen LogP contribution in [0.15, 0.2) is 53.6 Å². The van der Waals surface area contributed by atoms with Gasteiger partial charge in [-0.15, -0.1) is 0 Å². The summed E-state index contributed by atoms with van der Waals surface area (Å²) >= 11 is 0. The molecule has 1 aromatic carbocycles. The Morgan fingerprint density at radius 2 is 1.74 bits per heavy atom. The number of benzene rings is 1. The number of carbonyl (C=O) groups is 2. The standard InChI is InChI=1S/C18H21NO4.C8H13NO2/c1-19-14-8-6-4-2-3-5-7-9-23-18(22)17-13(10-14)11-15(20)12-16(17)21;1-6-3-4-7(2)9(6)8(11)5-10/h3,5-6,8,11-12,20-21H,2,4,7,9-10H2,1H3;3-4,6-7,10H,5H2,1-2H3/b5-3+,8-6+,19-14?;. The molecule has 2 atom stereocenters. The highest BCUT2D eigenvalue weighted by Crippen LogP contribution is 2.29. The van der Waals surface area contributed by atoms with E-state index in [0.717, 1.165) is 24.6 Å². The molecule has 2 aliphatic heterocycles. The van der Waals surface area contributed by atoms with Crippen molar-refractivity contribution in [3.05, 3.63) is 59.7 Å². The highest BCUT2D eigenvalue weighted by Gasteiger charge is 2.25. The van der Waals surface area contributed by atoms with Gasteiger partial charge in [0.25, 0.3) is 0 Å². The quantitative estimate of drug-likeness (QED) is 0.428. The minimum atomic E-state index is -0.595. The Hall–Kier alpha value is -3.39. The predicted molar refractivity (Wildman–Crippen MR) is 131 cm³/mol. The second-order valence-corrected chi connectivity index (χ2v) is 8.09. The van der Waals surface area contributed by atoms with Gasteiger partial charge in [0.2, 0.25) is 5.91 Å². The van der Waals surface area contributed by atoms with E-state index in [1.54, 1.807) is 11.9 Å². The molecule has 8 heteroatoms. The van der Waals surface area contributed by atoms with Crippen LogP contribution in [0.4, 0.5) is 0 Å². The Balaban J connectivity index is 0.000000310. The van der Waals surface area contributed by atoms with Crippen LogP contribution in [0.3, 0.4) is 0 Å². The number of aliphatic hydroxyl groups is 1. The van der Waals surface area contributed by atoms with Gasteiger partial charge in [0, 0.05) is 37.3 Å². The number of carbonyl (C=O) groups excluding carboxylic acids is 2. The molecule has 2 heterocycles. The summed E-state index contributed by atoms with van der Waals surface area (Å²) in [5.74, 6) is -1.18. The highest BCUT2D eigenvalue weighted by atomic mass is 16.5. The number of phenolic OH excluding ortho intramolecular Hbond substituents is 2. The first-order chi connectivity index (χ1) is 16.3. The SMILES string of the molecule is CC1C=CC(C)N1C(=O)CO.CN=C1/C=C/CC/C=C/CCOC(=O)c2c(O)cc(O)cc2C1. The molecule has 184 valence electrons. The van der Waals surface area contributed by atoms with Gasteiger partial charge >= 0.3 is 5.97 Å². The zero-order valence-electron chi connectivity index (χ0n) is 20.0. The molecule has 3 N–H and O–H groups in total. The van der Waals surface area contributed by atoms with E-state index in [9.17, 15) is 19.8 Å². The fourth-order valence-corrected chi connectivity index (χ4v) is 3.81. The van der Waals surface area contributed by atoms with Gasteiger partial charge in [-0.05, 0) is 50.8 Å². The van der Waals surface area contributed by atoms with Gasteiger partial charge in [0.15, 0.2) is 0 Å². The fourth-order valence-electron chi connectivity index (χ4n) is 3.81. The third-order valence-electron chi connectivity index (χ3n) is 5.51. The van der Waals surface area contributed by atoms with Gasteiger partial charge in [-0.1, -0.05) is 30.4 Å². The molecule has 0 bridgehead atoms. The smallest absolute Gasteiger partial charge is 0.342 e. The summed E-state index contributed by atoms with van der Waals surface area (Å²) in [6.45, 7) is 3.73. The topological polar surface area (TPSA) is 120 Å². The van der Waals surface area contributed by atoms with E-state index in [1.165, 1.54) is 6.07 Å². The summed E-state index contributed by atoms with van der Waals surface area (Å²) in [5, 5.41) is 28.4. The molecular formula is C26H34N2O6. The molecule has 2 unspecified atom stereocenters. The van der Waals surface area contributed by atoms with Crippen LogP contribution in [0.5, 0.6) is 11.5 Å². The molecule has 0 aromatic heterocycles. The van der Waals surface area contributed by atoms with Gasteiger partial charge in [0.05, 0.1) is 6.61 Å². The minimum absolute atomic E-state index is 0.0818. The Labute approximate surface area is 200 Å². The van der Waals surface area contributed by atoms with Crippen LogP contribution >= 0.6 is 0 Å². The largest absolute Gasteiger partial charge is 0.508 e. The molecule has 1 aromatic rings. The maximum Gasteiger partial charge on any atom is 0.342 e. The minimum Gasteiger partial charge on any atom is -0.508 e. The molecule has 0 fully saturated rings. The third kappa shape index (κ3) is 7.59. The summed E-state index contributed by atoms with van der Waals surface area (Å²) in [6.07, 6.45) is 14.7. The number of cyclic esters (lactones) is 1. The van der Waals surface area contributed by atoms with Gasteiger partial charge in [-0.3, -0.25) is 9.79 Å². The van der Waals surface area contributed by atoms with Crippen molar-refractivity contribution in [1.29, 1.82) is 0 Å². The summed E-state index contributed by atoms with van der Waals surface area (Å²) in [7, 11) is 1.67. The van der Waals surface area contributed by atoms with E-state index in [4.69, 9.17) is 9.84 Å². The van der Waals surface area contributed by atoms with Crippen LogP contribution in [-0.2, 0) is 16.0 Å². The van der Waals surface area contributed by atoms with E-state index in [-0.39, 0.29) is 41.7 Å². The van der Waals surface area contributed by atoms with Crippen LogP contribution in [-0.4, -0.2) is 70.2 Å². The molecule has 0 radical (unpaired) electrons. The number of amides is 1. The van der Waals surface area contributed by atoms with Crippen molar-refractivity contribution in [2.24, 2.45) is 4.99 Å². The Morgan fingerprint density at radius 1 is 1.09 bits per heavy atom. The number of allylic oxidation sites excluding steroid dienone is 3. The number of phenols is 2. The number of ether oxygens (including phenoxy) is 1. The maximum absolute atomic E-state index is 12.3. The van der Waals surface area contributed by atoms with Crippen LogP contribution in [0.2, 0.25) is 0 Å². The lowest BCUT2D eigenvalue weighted by Gasteiger charge is -2.25. The van der Waals surface area contributed by atoms with Crippen LogP contribution in [0.1, 0.15) is 49.0 Å². The lowest BCUT2D eigenvalue weighted by molar-refractivity contribution is -0.135. The summed E-state index contributed by atoms with van der Waals surface area (Å²) in [5.41, 5.74) is 1.33. The normalized spacial score (nSPS) is 23.8. The highest BCUT2D eigenvalue weighted by molar-refractivity contribution is 6.00. The van der Waals surface area contributed by atoms with Crippen molar-refractivity contribution in [1.82, 2.24) is 4.90 Å². The average molecular weight is 471 g/mol. The van der Waals surface area contributed by atoms with E-state index in [0.29, 0.717) is 18.4 Å². The number of nitrogens with zero attached hydrogens (tertiary/aromatic N) is 2. The predicted octanol–water partition coefficient (Wildman–Crippen LogP) is 3.32. The Morgan fingerprint density at radius 3 is 2.38 bits per heavy atom. The zero-order valence-corrected chi connectivity index (χ0v) is 20.0. The monoisotopic (exact) mass is 470 g/mol. The van der Waals surface area contributed by atoms with Crippen LogP contribution in [0, 0.1) is 0 Å². The van der Waals surface area contributed by atoms with Gasteiger partial charge in [0.1, 0.15) is 23.7 Å². The molecule has 3 rings (SSSR count). The Kier molecular flexibility index (Phi) is 10.5. The second kappa shape index (κ2) is 13.3. The molecule has 2 aliphatic rings. The number of hydrogen-bond acceptors (Lipinski definition) is 7. The van der Waals surface area contributed by atoms with Crippen molar-refractivity contribution < 1.29 is 29.6 Å². The number of hydrogen-bond donors (Lipinski definition) is 3. The molecular weight excluding hydrogens is 436 g/mol. The summed E-state index contributed by atoms with van der Waals surface area (Å²) in [6, 6.07) is 2.86. The van der Waals surface area contributed by atoms with E-state index < -0.39 is 12.6 Å². The molecule has 34 heavy (non-hydrogen) atoms. The zero-order chi connectivity index (χ0) is 25.1. The number of aliphatic hydroxyl groups excluding tert-OH is 1. The summed E-state index contributed by atoms with van der Waals surface area (Å²) < 4.78 is 5.21. The van der Waals surface area contributed by atoms with E-state index in [2.05, 4.69) is 11.1 Å². The van der Waals surface area contributed by atoms with Crippen molar-refractivity contribution >= 4 is 17.6 Å². The number of fused-ring (bicyclic) bond motifs is 1. The van der Waals surface area contributed by atoms with Crippen LogP contribution in [0.25, 0.3) is 0 Å². The fraction of sp³-hybridized carbons (Fsp3) is 0.423. The summed E-state index contributed by atoms with van der Waals surface area (Å²) in [4.78, 5) is 29.2. The van der Waals surface area contributed by atoms with Gasteiger partial charge in [-0.25, -0.2) is 4.79 Å². The van der Waals surface area contributed by atoms with Crippen molar-refractivity contribution in [2.45, 2.75) is 51.6 Å². The molecule has 1 amide bonds. The van der Waals surface area contributed by atoms with E-state index >= 15 is 0 Å². The van der Waals surface area contributed by atoms with E-state index in [1.807, 2.05) is 44.2 Å². The third-order valence-corrected chi connectivity index (χ3v) is 5.51. The second-order valence-electron chi connectivity index (χ2n) is 8.09. The Bertz CT molecular complexity index is 968. The molecule has 0 spiro atoms. The molecule has 0 aliphatic carbocycles. The first kappa shape index (κ1) is 26.9. The van der Waals surface area contributed by atoms with Crippen molar-refractivity contribution in [3.63, 3.8) is 0 Å². The first-order valence-electron chi connectivity index (χ1n) is 11.4. The lowest BCUT2D eigenvalue weighted by Crippen LogP contribution is -2.40. The lowest BCUT2D eigenvalue weighted by atomic mass is 9.99. The van der Waals surface area contributed by atoms with Gasteiger partial charge < -0.3 is 25.0 Å². The average Bonchev–Trinajstić information content (AvgIpc) is 3.13. The number of rotatable bonds is 1. The number of aromatic hydroxyl groups is 2. The maximum atomic E-state index is 12.3. The number of esters is 1. The first-order valence-corrected chi connectivity index (χ1v) is 11.4. The van der Waals surface area contributed by atoms with Crippen molar-refractivity contribution in [2.75, 3.05) is 20.3 Å². The number of aliphatic imine (C=N–C) groups is 1. The van der Waals surface area contributed by atoms with Crippen molar-refractivity contribution in [3.8, 4) is 11.5 Å². The van der Waals surface area contributed by atoms with Crippen LogP contribution < -0.4 is 0 Å². The van der Waals surface area contributed by atoms with Gasteiger partial charge in [-0.2, -0.15) is 0 Å². The molecule has 8 nitrogen and oxygen atoms in total. The molecule has 0 saturated carbocycles. The molecule has 0 saturated heterocycles.